The second kappa shape index (κ2) is 8.20. The van der Waals surface area contributed by atoms with Gasteiger partial charge in [-0.15, -0.1) is 11.3 Å². The molecule has 2 aromatic carbocycles. The Hall–Kier alpha value is -3.32. The Labute approximate surface area is 176 Å². The number of hydrogen-bond acceptors (Lipinski definition) is 4. The maximum absolute atomic E-state index is 13.3. The summed E-state index contributed by atoms with van der Waals surface area (Å²) >= 11 is 1.35. The van der Waals surface area contributed by atoms with Crippen molar-refractivity contribution in [3.05, 3.63) is 81.5 Å². The van der Waals surface area contributed by atoms with Gasteiger partial charge < -0.3 is 5.32 Å². The topological polar surface area (TPSA) is 64.0 Å². The molecule has 0 bridgehead atoms. The molecular weight excluding hydrogens is 401 g/mol. The summed E-state index contributed by atoms with van der Waals surface area (Å²) in [5, 5.41) is 5.20. The molecule has 1 amide bonds. The first-order valence-electron chi connectivity index (χ1n) is 9.59. The third kappa shape index (κ3) is 3.76. The SMILES string of the molecule is CCc1cccc(C)c1NC(=O)Cn1cnc2scc(-c3ccc(F)cc3)c2c1=O. The van der Waals surface area contributed by atoms with Gasteiger partial charge >= 0.3 is 0 Å². The van der Waals surface area contributed by atoms with Crippen molar-refractivity contribution < 1.29 is 9.18 Å². The average Bonchev–Trinajstić information content (AvgIpc) is 3.17. The first-order valence-corrected chi connectivity index (χ1v) is 10.5. The van der Waals surface area contributed by atoms with Gasteiger partial charge in [-0.25, -0.2) is 9.37 Å². The number of amides is 1. The van der Waals surface area contributed by atoms with Gasteiger partial charge in [-0.3, -0.25) is 14.2 Å². The standard InChI is InChI=1S/C23H20FN3O2S/c1-3-15-6-4-5-14(2)21(15)26-19(28)11-27-13-25-22-20(23(27)29)18(12-30-22)16-7-9-17(24)10-8-16/h4-10,12-13H,3,11H2,1-2H3,(H,26,28). The largest absolute Gasteiger partial charge is 0.324 e. The fourth-order valence-electron chi connectivity index (χ4n) is 3.46. The van der Waals surface area contributed by atoms with Crippen LogP contribution >= 0.6 is 11.3 Å². The molecule has 0 fully saturated rings. The van der Waals surface area contributed by atoms with Crippen LogP contribution in [-0.2, 0) is 17.8 Å². The molecule has 30 heavy (non-hydrogen) atoms. The van der Waals surface area contributed by atoms with Crippen LogP contribution < -0.4 is 10.9 Å². The first kappa shape index (κ1) is 20.0. The number of aromatic nitrogens is 2. The van der Waals surface area contributed by atoms with Gasteiger partial charge in [0.2, 0.25) is 5.91 Å². The number of thiophene rings is 1. The number of para-hydroxylation sites is 1. The van der Waals surface area contributed by atoms with Crippen LogP contribution in [-0.4, -0.2) is 15.5 Å². The van der Waals surface area contributed by atoms with E-state index in [1.807, 2.05) is 37.4 Å². The minimum Gasteiger partial charge on any atom is -0.324 e. The maximum Gasteiger partial charge on any atom is 0.263 e. The number of rotatable bonds is 5. The second-order valence-electron chi connectivity index (χ2n) is 7.02. The highest BCUT2D eigenvalue weighted by Gasteiger charge is 2.16. The molecule has 0 spiro atoms. The number of carbonyl (C=O) groups excluding carboxylic acids is 1. The van der Waals surface area contributed by atoms with E-state index in [1.54, 1.807) is 12.1 Å². The van der Waals surface area contributed by atoms with Gasteiger partial charge in [-0.1, -0.05) is 37.3 Å². The molecular formula is C23H20FN3O2S. The smallest absolute Gasteiger partial charge is 0.263 e. The lowest BCUT2D eigenvalue weighted by Gasteiger charge is -2.13. The lowest BCUT2D eigenvalue weighted by molar-refractivity contribution is -0.116. The molecule has 0 aliphatic heterocycles. The predicted octanol–water partition coefficient (Wildman–Crippen LogP) is 4.77. The molecule has 4 rings (SSSR count). The molecule has 0 atom stereocenters. The van der Waals surface area contributed by atoms with E-state index in [9.17, 15) is 14.0 Å². The van der Waals surface area contributed by atoms with Gasteiger partial charge in [0.25, 0.3) is 5.56 Å². The summed E-state index contributed by atoms with van der Waals surface area (Å²) in [4.78, 5) is 30.7. The average molecular weight is 421 g/mol. The Bertz CT molecular complexity index is 1290. The fraction of sp³-hybridized carbons (Fsp3) is 0.174. The van der Waals surface area contributed by atoms with E-state index in [1.165, 1.54) is 34.4 Å². The van der Waals surface area contributed by atoms with Crippen LogP contribution in [0.4, 0.5) is 10.1 Å². The van der Waals surface area contributed by atoms with Crippen molar-refractivity contribution >= 4 is 33.1 Å². The Morgan fingerprint density at radius 1 is 1.20 bits per heavy atom. The third-order valence-electron chi connectivity index (χ3n) is 5.03. The molecule has 0 aliphatic carbocycles. The highest BCUT2D eigenvalue weighted by atomic mass is 32.1. The van der Waals surface area contributed by atoms with E-state index in [2.05, 4.69) is 10.3 Å². The molecule has 0 saturated carbocycles. The van der Waals surface area contributed by atoms with Gasteiger partial charge in [-0.2, -0.15) is 0 Å². The number of fused-ring (bicyclic) bond motifs is 1. The summed E-state index contributed by atoms with van der Waals surface area (Å²) in [6.45, 7) is 3.83. The van der Waals surface area contributed by atoms with Crippen LogP contribution in [0, 0.1) is 12.7 Å². The van der Waals surface area contributed by atoms with E-state index in [-0.39, 0.29) is 23.8 Å². The molecule has 152 valence electrons. The number of benzene rings is 2. The number of nitrogens with zero attached hydrogens (tertiary/aromatic N) is 2. The normalized spacial score (nSPS) is 11.0. The highest BCUT2D eigenvalue weighted by Crippen LogP contribution is 2.30. The molecule has 2 aromatic heterocycles. The van der Waals surface area contributed by atoms with Gasteiger partial charge in [-0.05, 0) is 42.2 Å². The molecule has 7 heteroatoms. The Balaban J connectivity index is 1.66. The zero-order chi connectivity index (χ0) is 21.3. The summed E-state index contributed by atoms with van der Waals surface area (Å²) in [5.74, 6) is -0.631. The molecule has 1 N–H and O–H groups in total. The van der Waals surface area contributed by atoms with Gasteiger partial charge in [0.15, 0.2) is 0 Å². The third-order valence-corrected chi connectivity index (χ3v) is 5.92. The zero-order valence-corrected chi connectivity index (χ0v) is 17.4. The zero-order valence-electron chi connectivity index (χ0n) is 16.6. The van der Waals surface area contributed by atoms with Crippen molar-refractivity contribution in [3.63, 3.8) is 0 Å². The van der Waals surface area contributed by atoms with E-state index in [0.717, 1.165) is 28.8 Å². The van der Waals surface area contributed by atoms with Crippen LogP contribution in [0.2, 0.25) is 0 Å². The Morgan fingerprint density at radius 3 is 2.70 bits per heavy atom. The van der Waals surface area contributed by atoms with Crippen molar-refractivity contribution in [3.8, 4) is 11.1 Å². The fourth-order valence-corrected chi connectivity index (χ4v) is 4.36. The van der Waals surface area contributed by atoms with Crippen molar-refractivity contribution in [2.75, 3.05) is 5.32 Å². The monoisotopic (exact) mass is 421 g/mol. The van der Waals surface area contributed by atoms with Crippen molar-refractivity contribution in [2.24, 2.45) is 0 Å². The van der Waals surface area contributed by atoms with E-state index in [0.29, 0.717) is 15.8 Å². The number of anilines is 1. The van der Waals surface area contributed by atoms with Crippen LogP contribution in [0.25, 0.3) is 21.3 Å². The summed E-state index contributed by atoms with van der Waals surface area (Å²) in [5.41, 5.74) is 3.93. The minimum absolute atomic E-state index is 0.141. The number of halogens is 1. The summed E-state index contributed by atoms with van der Waals surface area (Å²) in [6, 6.07) is 11.8. The van der Waals surface area contributed by atoms with Crippen molar-refractivity contribution in [1.82, 2.24) is 9.55 Å². The van der Waals surface area contributed by atoms with Crippen molar-refractivity contribution in [1.29, 1.82) is 0 Å². The van der Waals surface area contributed by atoms with E-state index in [4.69, 9.17) is 0 Å². The van der Waals surface area contributed by atoms with Gasteiger partial charge in [0, 0.05) is 16.6 Å². The van der Waals surface area contributed by atoms with Crippen LogP contribution in [0.5, 0.6) is 0 Å². The first-order chi connectivity index (χ1) is 14.5. The highest BCUT2D eigenvalue weighted by molar-refractivity contribution is 7.17. The molecule has 5 nitrogen and oxygen atoms in total. The van der Waals surface area contributed by atoms with E-state index < -0.39 is 0 Å². The number of nitrogens with one attached hydrogen (secondary N) is 1. The van der Waals surface area contributed by atoms with Gasteiger partial charge in [0.1, 0.15) is 17.2 Å². The molecule has 2 heterocycles. The number of hydrogen-bond donors (Lipinski definition) is 1. The van der Waals surface area contributed by atoms with E-state index >= 15 is 0 Å². The molecule has 0 radical (unpaired) electrons. The minimum atomic E-state index is -0.340. The number of aryl methyl sites for hydroxylation is 2. The predicted molar refractivity (Wildman–Crippen MR) is 118 cm³/mol. The number of carbonyl (C=O) groups is 1. The maximum atomic E-state index is 13.3. The quantitative estimate of drug-likeness (QED) is 0.505. The second-order valence-corrected chi connectivity index (χ2v) is 7.88. The molecule has 0 aliphatic rings. The lowest BCUT2D eigenvalue weighted by atomic mass is 10.1. The van der Waals surface area contributed by atoms with Crippen LogP contribution in [0.15, 0.2) is 59.0 Å². The Morgan fingerprint density at radius 2 is 1.97 bits per heavy atom. The lowest BCUT2D eigenvalue weighted by Crippen LogP contribution is -2.28. The Kier molecular flexibility index (Phi) is 5.46. The van der Waals surface area contributed by atoms with Crippen LogP contribution in [0.1, 0.15) is 18.1 Å². The summed E-state index contributed by atoms with van der Waals surface area (Å²) < 4.78 is 14.6. The van der Waals surface area contributed by atoms with Crippen molar-refractivity contribution in [2.45, 2.75) is 26.8 Å². The molecule has 4 aromatic rings. The molecule has 0 unspecified atom stereocenters. The summed E-state index contributed by atoms with van der Waals surface area (Å²) in [6.07, 6.45) is 2.19. The van der Waals surface area contributed by atoms with Gasteiger partial charge in [0.05, 0.1) is 11.7 Å². The van der Waals surface area contributed by atoms with Crippen LogP contribution in [0.3, 0.4) is 0 Å². The molecule has 0 saturated heterocycles. The summed E-state index contributed by atoms with van der Waals surface area (Å²) in [7, 11) is 0.